The van der Waals surface area contributed by atoms with Gasteiger partial charge >= 0.3 is 0 Å². The number of aliphatic hydroxyl groups excluding tert-OH is 1. The second-order valence-electron chi connectivity index (χ2n) is 8.42. The molecule has 0 bridgehead atoms. The number of pyridine rings is 1. The van der Waals surface area contributed by atoms with Crippen LogP contribution in [0.25, 0.3) is 0 Å². The Morgan fingerprint density at radius 1 is 1.30 bits per heavy atom. The molecule has 2 aromatic rings. The molecule has 7 heteroatoms. The van der Waals surface area contributed by atoms with Crippen LogP contribution in [0.2, 0.25) is 0 Å². The molecule has 2 heterocycles. The lowest BCUT2D eigenvalue weighted by Gasteiger charge is -2.25. The first-order chi connectivity index (χ1) is 14.1. The predicted octanol–water partition coefficient (Wildman–Crippen LogP) is 4.65. The number of hydrogen-bond acceptors (Lipinski definition) is 4. The lowest BCUT2D eigenvalue weighted by Crippen LogP contribution is -2.33. The maximum atomic E-state index is 14.2. The van der Waals surface area contributed by atoms with Crippen molar-refractivity contribution in [2.45, 2.75) is 64.8 Å². The first-order valence-electron chi connectivity index (χ1n) is 10.1. The molecule has 1 fully saturated rings. The summed E-state index contributed by atoms with van der Waals surface area (Å²) in [6.45, 7) is 9.08. The van der Waals surface area contributed by atoms with E-state index in [1.165, 1.54) is 19.2 Å². The Bertz CT molecular complexity index is 931. The molecule has 3 rings (SSSR count). The monoisotopic (exact) mass is 418 g/mol. The van der Waals surface area contributed by atoms with Crippen molar-refractivity contribution in [3.8, 4) is 0 Å². The normalized spacial score (nSPS) is 23.9. The molecule has 1 amide bonds. The van der Waals surface area contributed by atoms with Gasteiger partial charge in [-0.2, -0.15) is 0 Å². The zero-order valence-electron chi connectivity index (χ0n) is 17.9. The Labute approximate surface area is 175 Å². The minimum atomic E-state index is -0.913. The van der Waals surface area contributed by atoms with Crippen molar-refractivity contribution in [2.24, 2.45) is 5.92 Å². The van der Waals surface area contributed by atoms with Crippen LogP contribution in [0, 0.1) is 24.5 Å². The van der Waals surface area contributed by atoms with Gasteiger partial charge in [-0.05, 0) is 62.4 Å². The summed E-state index contributed by atoms with van der Waals surface area (Å²) in [5, 5.41) is 12.7. The van der Waals surface area contributed by atoms with Crippen LogP contribution in [0.15, 0.2) is 30.5 Å². The number of nitrogens with zero attached hydrogens (tertiary/aromatic N) is 1. The molecule has 0 saturated carbocycles. The molecule has 1 aliphatic heterocycles. The van der Waals surface area contributed by atoms with Crippen molar-refractivity contribution in [3.05, 3.63) is 58.9 Å². The highest BCUT2D eigenvalue weighted by atomic mass is 19.2. The van der Waals surface area contributed by atoms with Gasteiger partial charge in [0.1, 0.15) is 6.10 Å². The van der Waals surface area contributed by atoms with E-state index in [9.17, 15) is 18.7 Å². The summed E-state index contributed by atoms with van der Waals surface area (Å²) in [5.74, 6) is -2.75. The van der Waals surface area contributed by atoms with Crippen LogP contribution < -0.4 is 5.32 Å². The number of aromatic nitrogens is 1. The van der Waals surface area contributed by atoms with Crippen molar-refractivity contribution in [1.29, 1.82) is 0 Å². The average Bonchev–Trinajstić information content (AvgIpc) is 2.96. The molecule has 5 nitrogen and oxygen atoms in total. The van der Waals surface area contributed by atoms with Gasteiger partial charge in [0, 0.05) is 5.92 Å². The van der Waals surface area contributed by atoms with E-state index in [-0.39, 0.29) is 17.4 Å². The maximum Gasteiger partial charge on any atom is 0.254 e. The molecular formula is C23H28F2N2O3. The number of ether oxygens (including phenoxy) is 1. The number of carbonyl (C=O) groups is 1. The molecule has 1 aromatic heterocycles. The second-order valence-corrected chi connectivity index (χ2v) is 8.42. The van der Waals surface area contributed by atoms with Crippen LogP contribution in [0.3, 0.4) is 0 Å². The highest BCUT2D eigenvalue weighted by Gasteiger charge is 2.51. The van der Waals surface area contributed by atoms with Gasteiger partial charge in [0.05, 0.1) is 29.3 Å². The molecule has 1 saturated heterocycles. The Kier molecular flexibility index (Phi) is 6.24. The quantitative estimate of drug-likeness (QED) is 0.742. The standard InChI is InChI=1S/C23H28F2N2O3/c1-6-18(28)17-10-7-14(11-26-17)27-22(29)21-19(13(3)23(4,5)30-21)15-8-9-16(24)20(25)12(15)2/h7-11,13,18-19,21,28H,6H2,1-5H3,(H,27,29)/t13-,18-,19+,21-/m0/s1. The van der Waals surface area contributed by atoms with E-state index in [1.807, 2.05) is 27.7 Å². The SMILES string of the molecule is CC[C@H](O)c1ccc(NC(=O)[C@H]2OC(C)(C)[C@@H](C)[C@@H]2c2ccc(F)c(F)c2C)cn1. The minimum absolute atomic E-state index is 0.114. The fourth-order valence-electron chi connectivity index (χ4n) is 3.98. The van der Waals surface area contributed by atoms with Gasteiger partial charge in [0.2, 0.25) is 0 Å². The average molecular weight is 418 g/mol. The summed E-state index contributed by atoms with van der Waals surface area (Å²) >= 11 is 0. The van der Waals surface area contributed by atoms with Crippen LogP contribution in [0.1, 0.15) is 63.0 Å². The van der Waals surface area contributed by atoms with Crippen molar-refractivity contribution in [1.82, 2.24) is 4.98 Å². The first kappa shape index (κ1) is 22.3. The Morgan fingerprint density at radius 2 is 2.00 bits per heavy atom. The Hall–Kier alpha value is -2.38. The Morgan fingerprint density at radius 3 is 2.60 bits per heavy atom. The third-order valence-electron chi connectivity index (χ3n) is 6.17. The Balaban J connectivity index is 1.89. The van der Waals surface area contributed by atoms with E-state index in [0.29, 0.717) is 23.4 Å². The molecule has 0 aliphatic carbocycles. The second kappa shape index (κ2) is 8.40. The number of halogens is 2. The number of aliphatic hydroxyl groups is 1. The number of rotatable bonds is 5. The molecule has 1 aliphatic rings. The van der Waals surface area contributed by atoms with Crippen LogP contribution in [-0.2, 0) is 9.53 Å². The van der Waals surface area contributed by atoms with Crippen LogP contribution in [0.4, 0.5) is 14.5 Å². The van der Waals surface area contributed by atoms with Crippen molar-refractivity contribution < 1.29 is 23.4 Å². The highest BCUT2D eigenvalue weighted by molar-refractivity contribution is 5.95. The van der Waals surface area contributed by atoms with Gasteiger partial charge in [0.25, 0.3) is 5.91 Å². The summed E-state index contributed by atoms with van der Waals surface area (Å²) in [4.78, 5) is 17.3. The van der Waals surface area contributed by atoms with E-state index in [4.69, 9.17) is 4.74 Å². The van der Waals surface area contributed by atoms with Crippen molar-refractivity contribution in [3.63, 3.8) is 0 Å². The largest absolute Gasteiger partial charge is 0.387 e. The highest BCUT2D eigenvalue weighted by Crippen LogP contribution is 2.47. The number of benzene rings is 1. The number of nitrogens with one attached hydrogen (secondary N) is 1. The molecular weight excluding hydrogens is 390 g/mol. The molecule has 0 radical (unpaired) electrons. The smallest absolute Gasteiger partial charge is 0.254 e. The summed E-state index contributed by atoms with van der Waals surface area (Å²) in [6.07, 6.45) is 0.486. The molecule has 0 spiro atoms. The fraction of sp³-hybridized carbons (Fsp3) is 0.478. The van der Waals surface area contributed by atoms with Gasteiger partial charge in [-0.1, -0.05) is 19.9 Å². The summed E-state index contributed by atoms with van der Waals surface area (Å²) < 4.78 is 33.9. The summed E-state index contributed by atoms with van der Waals surface area (Å²) in [6, 6.07) is 5.94. The summed E-state index contributed by atoms with van der Waals surface area (Å²) in [7, 11) is 0. The van der Waals surface area contributed by atoms with Crippen molar-refractivity contribution >= 4 is 11.6 Å². The van der Waals surface area contributed by atoms with Gasteiger partial charge < -0.3 is 15.2 Å². The first-order valence-corrected chi connectivity index (χ1v) is 10.1. The number of amides is 1. The topological polar surface area (TPSA) is 71.5 Å². The van der Waals surface area contributed by atoms with Gasteiger partial charge in [-0.25, -0.2) is 8.78 Å². The lowest BCUT2D eigenvalue weighted by atomic mass is 9.77. The lowest BCUT2D eigenvalue weighted by molar-refractivity contribution is -0.131. The predicted molar refractivity (Wildman–Crippen MR) is 110 cm³/mol. The molecule has 30 heavy (non-hydrogen) atoms. The zero-order valence-corrected chi connectivity index (χ0v) is 17.9. The molecule has 4 atom stereocenters. The number of hydrogen-bond donors (Lipinski definition) is 2. The maximum absolute atomic E-state index is 14.2. The number of carbonyl (C=O) groups excluding carboxylic acids is 1. The van der Waals surface area contributed by atoms with Gasteiger partial charge in [-0.3, -0.25) is 9.78 Å². The van der Waals surface area contributed by atoms with E-state index in [0.717, 1.165) is 6.07 Å². The third kappa shape index (κ3) is 4.09. The minimum Gasteiger partial charge on any atom is -0.387 e. The van der Waals surface area contributed by atoms with Gasteiger partial charge in [-0.15, -0.1) is 0 Å². The van der Waals surface area contributed by atoms with Crippen LogP contribution in [-0.4, -0.2) is 27.7 Å². The zero-order chi connectivity index (χ0) is 22.2. The molecule has 2 N–H and O–H groups in total. The fourth-order valence-corrected chi connectivity index (χ4v) is 3.98. The van der Waals surface area contributed by atoms with Crippen LogP contribution in [0.5, 0.6) is 0 Å². The van der Waals surface area contributed by atoms with E-state index in [2.05, 4.69) is 10.3 Å². The number of anilines is 1. The van der Waals surface area contributed by atoms with E-state index < -0.39 is 35.4 Å². The molecule has 162 valence electrons. The van der Waals surface area contributed by atoms with Gasteiger partial charge in [0.15, 0.2) is 11.6 Å². The van der Waals surface area contributed by atoms with E-state index >= 15 is 0 Å². The molecule has 1 aromatic carbocycles. The third-order valence-corrected chi connectivity index (χ3v) is 6.17. The van der Waals surface area contributed by atoms with Crippen LogP contribution >= 0.6 is 0 Å². The van der Waals surface area contributed by atoms with Crippen molar-refractivity contribution in [2.75, 3.05) is 5.32 Å². The molecule has 0 unspecified atom stereocenters. The van der Waals surface area contributed by atoms with E-state index in [1.54, 1.807) is 12.1 Å². The summed E-state index contributed by atoms with van der Waals surface area (Å²) in [5.41, 5.74) is 1.11.